The van der Waals surface area contributed by atoms with Crippen LogP contribution in [0, 0.1) is 0 Å². The topological polar surface area (TPSA) is 117 Å². The molecular formula is C43H47Cl2N9O4. The third-order valence-electron chi connectivity index (χ3n) is 11.1. The van der Waals surface area contributed by atoms with E-state index in [4.69, 9.17) is 37.4 Å². The first kappa shape index (κ1) is 39.6. The molecule has 1 N–H and O–H groups in total. The van der Waals surface area contributed by atoms with Gasteiger partial charge >= 0.3 is 5.69 Å². The van der Waals surface area contributed by atoms with Crippen molar-refractivity contribution < 1.29 is 14.2 Å². The Labute approximate surface area is 347 Å². The van der Waals surface area contributed by atoms with Crippen LogP contribution in [0.25, 0.3) is 5.69 Å². The molecule has 2 aliphatic rings. The zero-order valence-electron chi connectivity index (χ0n) is 32.7. The van der Waals surface area contributed by atoms with Crippen LogP contribution in [0.15, 0.2) is 121 Å². The maximum Gasteiger partial charge on any atom is 0.350 e. The normalized spacial score (nSPS) is 19.9. The Kier molecular flexibility index (Phi) is 11.9. The van der Waals surface area contributed by atoms with Crippen molar-refractivity contribution in [3.05, 3.63) is 148 Å². The predicted octanol–water partition coefficient (Wildman–Crippen LogP) is 6.91. The SMILES string of the molecule is CC(NC(C)C(C)n1ncn(-c2ccc(N3CCN(c4ccc(OCC5COC(Cn6cncn6)(c6ccc(Cl)cc6Cl)O5)cc4)CC3)cc2)c1=O)c1ccccc1. The number of nitrogens with zero attached hydrogens (tertiary/aromatic N) is 8. The predicted molar refractivity (Wildman–Crippen MR) is 225 cm³/mol. The summed E-state index contributed by atoms with van der Waals surface area (Å²) in [5.41, 5.74) is 4.75. The van der Waals surface area contributed by atoms with Crippen molar-refractivity contribution in [1.29, 1.82) is 0 Å². The molecule has 15 heteroatoms. The lowest BCUT2D eigenvalue weighted by atomic mass is 10.1. The highest BCUT2D eigenvalue weighted by Crippen LogP contribution is 2.40. The second-order valence-electron chi connectivity index (χ2n) is 14.9. The highest BCUT2D eigenvalue weighted by molar-refractivity contribution is 6.35. The van der Waals surface area contributed by atoms with Gasteiger partial charge in [0.05, 0.1) is 23.4 Å². The van der Waals surface area contributed by atoms with Gasteiger partial charge in [-0.05, 0) is 87.0 Å². The van der Waals surface area contributed by atoms with E-state index >= 15 is 0 Å². The molecule has 0 bridgehead atoms. The minimum Gasteiger partial charge on any atom is -0.491 e. The number of rotatable bonds is 14. The molecular weight excluding hydrogens is 777 g/mol. The van der Waals surface area contributed by atoms with Gasteiger partial charge in [0, 0.05) is 60.2 Å². The standard InChI is InChI=1S/C43H47Cl2N9O4/c1-30(49-31(2)33-7-5-4-6-8-33)32(3)54-42(55)53(29-48-54)37-12-10-35(11-13-37)50-19-21-51(22-20-50)36-14-16-38(17-15-36)56-24-39-25-57-43(58-39,26-52-28-46-27-47-52)40-18-9-34(44)23-41(40)45/h4-18,23,27-32,39,49H,19-22,24-26H2,1-3H3. The average molecular weight is 825 g/mol. The molecule has 4 heterocycles. The molecule has 5 atom stereocenters. The van der Waals surface area contributed by atoms with Gasteiger partial charge in [0.2, 0.25) is 5.79 Å². The third kappa shape index (κ3) is 8.64. The number of hydrogen-bond donors (Lipinski definition) is 1. The molecule has 2 aliphatic heterocycles. The molecule has 2 saturated heterocycles. The van der Waals surface area contributed by atoms with Crippen LogP contribution in [-0.4, -0.2) is 80.7 Å². The maximum absolute atomic E-state index is 13.5. The monoisotopic (exact) mass is 823 g/mol. The molecule has 13 nitrogen and oxygen atoms in total. The van der Waals surface area contributed by atoms with Crippen LogP contribution < -0.4 is 25.5 Å². The zero-order chi connectivity index (χ0) is 40.2. The van der Waals surface area contributed by atoms with Gasteiger partial charge in [-0.15, -0.1) is 0 Å². The summed E-state index contributed by atoms with van der Waals surface area (Å²) < 4.78 is 23.8. The van der Waals surface area contributed by atoms with Crippen LogP contribution in [-0.2, 0) is 21.8 Å². The average Bonchev–Trinajstić information content (AvgIpc) is 4.01. The number of ether oxygens (including phenoxy) is 3. The van der Waals surface area contributed by atoms with Gasteiger partial charge in [-0.25, -0.2) is 23.7 Å². The molecule has 5 unspecified atom stereocenters. The van der Waals surface area contributed by atoms with Crippen molar-refractivity contribution in [3.8, 4) is 11.4 Å². The molecule has 0 radical (unpaired) electrons. The van der Waals surface area contributed by atoms with E-state index in [9.17, 15) is 4.79 Å². The number of halogens is 2. The van der Waals surface area contributed by atoms with Crippen molar-refractivity contribution in [2.45, 2.75) is 57.3 Å². The van der Waals surface area contributed by atoms with Gasteiger partial charge in [0.15, 0.2) is 0 Å². The van der Waals surface area contributed by atoms with E-state index in [1.807, 2.05) is 55.5 Å². The van der Waals surface area contributed by atoms with E-state index in [0.29, 0.717) is 28.8 Å². The van der Waals surface area contributed by atoms with Crippen LogP contribution in [0.4, 0.5) is 11.4 Å². The van der Waals surface area contributed by atoms with E-state index in [1.165, 1.54) is 11.9 Å². The lowest BCUT2D eigenvalue weighted by Crippen LogP contribution is -2.46. The Hall–Kier alpha value is -5.18. The molecule has 2 fully saturated rings. The van der Waals surface area contributed by atoms with Crippen molar-refractivity contribution in [3.63, 3.8) is 0 Å². The summed E-state index contributed by atoms with van der Waals surface area (Å²) in [5.74, 6) is -0.425. The third-order valence-corrected chi connectivity index (χ3v) is 11.6. The van der Waals surface area contributed by atoms with E-state index in [1.54, 1.807) is 38.7 Å². The fraction of sp³-hybridized carbons (Fsp3) is 0.349. The number of benzene rings is 4. The molecule has 0 saturated carbocycles. The number of piperazine rings is 1. The smallest absolute Gasteiger partial charge is 0.350 e. The van der Waals surface area contributed by atoms with Crippen molar-refractivity contribution in [2.24, 2.45) is 0 Å². The van der Waals surface area contributed by atoms with Crippen LogP contribution >= 0.6 is 23.2 Å². The zero-order valence-corrected chi connectivity index (χ0v) is 34.2. The number of aromatic nitrogens is 6. The van der Waals surface area contributed by atoms with Gasteiger partial charge in [0.25, 0.3) is 0 Å². The molecule has 58 heavy (non-hydrogen) atoms. The summed E-state index contributed by atoms with van der Waals surface area (Å²) in [7, 11) is 0. The summed E-state index contributed by atoms with van der Waals surface area (Å²) in [6.45, 7) is 10.6. The molecule has 0 aliphatic carbocycles. The molecule has 6 aromatic rings. The maximum atomic E-state index is 13.5. The van der Waals surface area contributed by atoms with Gasteiger partial charge < -0.3 is 29.3 Å². The van der Waals surface area contributed by atoms with Crippen molar-refractivity contribution >= 4 is 34.6 Å². The van der Waals surface area contributed by atoms with Crippen LogP contribution in [0.5, 0.6) is 5.75 Å². The fourth-order valence-electron chi connectivity index (χ4n) is 7.63. The lowest BCUT2D eigenvalue weighted by Gasteiger charge is -2.37. The van der Waals surface area contributed by atoms with Gasteiger partial charge in [-0.2, -0.15) is 10.2 Å². The highest BCUT2D eigenvalue weighted by atomic mass is 35.5. The molecule has 4 aromatic carbocycles. The quantitative estimate of drug-likeness (QED) is 0.124. The Morgan fingerprint density at radius 2 is 1.52 bits per heavy atom. The molecule has 2 aromatic heterocycles. The van der Waals surface area contributed by atoms with E-state index < -0.39 is 5.79 Å². The van der Waals surface area contributed by atoms with E-state index in [2.05, 4.69) is 80.5 Å². The van der Waals surface area contributed by atoms with Crippen molar-refractivity contribution in [1.82, 2.24) is 34.4 Å². The summed E-state index contributed by atoms with van der Waals surface area (Å²) in [6.07, 6.45) is 4.34. The van der Waals surface area contributed by atoms with Gasteiger partial charge in [-0.3, -0.25) is 0 Å². The fourth-order valence-corrected chi connectivity index (χ4v) is 8.18. The summed E-state index contributed by atoms with van der Waals surface area (Å²) in [6, 6.07) is 31.9. The van der Waals surface area contributed by atoms with Crippen molar-refractivity contribution in [2.75, 3.05) is 49.2 Å². The largest absolute Gasteiger partial charge is 0.491 e. The minimum atomic E-state index is -1.17. The van der Waals surface area contributed by atoms with Crippen LogP contribution in [0.3, 0.4) is 0 Å². The summed E-state index contributed by atoms with van der Waals surface area (Å²) in [5, 5.41) is 13.3. The summed E-state index contributed by atoms with van der Waals surface area (Å²) in [4.78, 5) is 22.3. The first-order chi connectivity index (χ1) is 28.2. The lowest BCUT2D eigenvalue weighted by molar-refractivity contribution is -0.190. The molecule has 8 rings (SSSR count). The van der Waals surface area contributed by atoms with Crippen LogP contribution in [0.1, 0.15) is 44.0 Å². The Balaban J connectivity index is 0.825. The van der Waals surface area contributed by atoms with E-state index in [0.717, 1.165) is 49.0 Å². The molecule has 0 amide bonds. The Morgan fingerprint density at radius 3 is 2.17 bits per heavy atom. The number of nitrogens with one attached hydrogen (secondary N) is 1. The minimum absolute atomic E-state index is 0.0256. The van der Waals surface area contributed by atoms with E-state index in [-0.39, 0.29) is 36.5 Å². The second-order valence-corrected chi connectivity index (χ2v) is 15.7. The Morgan fingerprint density at radius 1 is 0.845 bits per heavy atom. The summed E-state index contributed by atoms with van der Waals surface area (Å²) >= 11 is 12.8. The number of hydrogen-bond acceptors (Lipinski definition) is 10. The number of anilines is 2. The second kappa shape index (κ2) is 17.4. The molecule has 302 valence electrons. The molecule has 0 spiro atoms. The highest BCUT2D eigenvalue weighted by Gasteiger charge is 2.45. The van der Waals surface area contributed by atoms with Gasteiger partial charge in [-0.1, -0.05) is 59.6 Å². The first-order valence-corrected chi connectivity index (χ1v) is 20.3. The van der Waals surface area contributed by atoms with Crippen LogP contribution in [0.2, 0.25) is 10.0 Å². The first-order valence-electron chi connectivity index (χ1n) is 19.6. The van der Waals surface area contributed by atoms with Gasteiger partial charge in [0.1, 0.15) is 44.0 Å². The Bertz CT molecular complexity index is 2320.